The topological polar surface area (TPSA) is 87.3 Å². The van der Waals surface area contributed by atoms with Gasteiger partial charge in [0.05, 0.1) is 0 Å². The van der Waals surface area contributed by atoms with Gasteiger partial charge in [0, 0.05) is 12.7 Å². The highest BCUT2D eigenvalue weighted by Crippen LogP contribution is 1.87. The van der Waals surface area contributed by atoms with Crippen molar-refractivity contribution in [3.63, 3.8) is 0 Å². The highest BCUT2D eigenvalue weighted by atomic mass is 28.2. The van der Waals surface area contributed by atoms with Crippen LogP contribution >= 0.6 is 0 Å². The predicted octanol–water partition coefficient (Wildman–Crippen LogP) is -1.41. The minimum atomic E-state index is -1.06. The molecule has 9 heavy (non-hydrogen) atoms. The summed E-state index contributed by atoms with van der Waals surface area (Å²) in [6.07, 6.45) is 0. The first-order chi connectivity index (χ1) is 4.06. The third-order valence-corrected chi connectivity index (χ3v) is 1.87. The van der Waals surface area contributed by atoms with E-state index in [0.29, 0.717) is 22.4 Å². The molecule has 0 rings (SSSR count). The Labute approximate surface area is 57.7 Å². The molecular formula is C4H13N3OSi. The van der Waals surface area contributed by atoms with Gasteiger partial charge in [-0.1, -0.05) is 0 Å². The normalized spacial score (nSPS) is 12.0. The predicted molar refractivity (Wildman–Crippen MR) is 37.5 cm³/mol. The van der Waals surface area contributed by atoms with Gasteiger partial charge in [-0.05, 0) is 6.92 Å². The second-order valence-electron chi connectivity index (χ2n) is 1.87. The van der Waals surface area contributed by atoms with E-state index in [4.69, 9.17) is 21.6 Å². The van der Waals surface area contributed by atoms with E-state index < -0.39 is 5.79 Å². The van der Waals surface area contributed by atoms with Gasteiger partial charge in [-0.15, -0.1) is 0 Å². The van der Waals surface area contributed by atoms with Gasteiger partial charge in [0.1, 0.15) is 5.79 Å². The van der Waals surface area contributed by atoms with Crippen LogP contribution < -0.4 is 17.2 Å². The molecule has 0 heterocycles. The van der Waals surface area contributed by atoms with Crippen molar-refractivity contribution in [2.45, 2.75) is 18.8 Å². The second kappa shape index (κ2) is 3.97. The fraction of sp³-hybridized carbons (Fsp3) is 1.00. The first-order valence-electron chi connectivity index (χ1n) is 2.77. The summed E-state index contributed by atoms with van der Waals surface area (Å²) in [7, 11) is 0.309. The van der Waals surface area contributed by atoms with Crippen molar-refractivity contribution >= 4 is 9.76 Å². The Hall–Kier alpha value is 0.0569. The van der Waals surface area contributed by atoms with Crippen LogP contribution in [0.5, 0.6) is 0 Å². The van der Waals surface area contributed by atoms with Crippen molar-refractivity contribution in [1.82, 2.24) is 0 Å². The molecule has 0 unspecified atom stereocenters. The van der Waals surface area contributed by atoms with Crippen LogP contribution in [0.1, 0.15) is 6.92 Å². The average molecular weight is 147 g/mol. The summed E-state index contributed by atoms with van der Waals surface area (Å²) >= 11 is 0. The molecule has 0 aliphatic rings. The van der Waals surface area contributed by atoms with Crippen molar-refractivity contribution in [3.05, 3.63) is 0 Å². The molecule has 0 amide bonds. The van der Waals surface area contributed by atoms with Gasteiger partial charge in [-0.3, -0.25) is 0 Å². The Morgan fingerprint density at radius 1 is 1.44 bits per heavy atom. The Balaban J connectivity index is 3.07. The summed E-state index contributed by atoms with van der Waals surface area (Å²) in [4.78, 5) is 0. The summed E-state index contributed by atoms with van der Waals surface area (Å²) < 4.78 is 5.00. The Morgan fingerprint density at radius 2 is 2.00 bits per heavy atom. The maximum absolute atomic E-state index is 5.26. The molecule has 0 spiro atoms. The lowest BCUT2D eigenvalue weighted by molar-refractivity contribution is 0.349. The lowest BCUT2D eigenvalue weighted by Gasteiger charge is -2.16. The third-order valence-electron chi connectivity index (χ3n) is 0.625. The summed E-state index contributed by atoms with van der Waals surface area (Å²) in [6.45, 7) is 2.60. The second-order valence-corrected chi connectivity index (χ2v) is 2.80. The molecular weight excluding hydrogens is 134 g/mol. The minimum absolute atomic E-state index is 0.309. The van der Waals surface area contributed by atoms with Crippen molar-refractivity contribution in [3.8, 4) is 0 Å². The zero-order valence-corrected chi connectivity index (χ0v) is 6.55. The maximum Gasteiger partial charge on any atom is 0.234 e. The van der Waals surface area contributed by atoms with E-state index in [2.05, 4.69) is 0 Å². The van der Waals surface area contributed by atoms with Crippen molar-refractivity contribution < 1.29 is 4.43 Å². The van der Waals surface area contributed by atoms with Crippen LogP contribution in [0.2, 0.25) is 6.04 Å². The van der Waals surface area contributed by atoms with Crippen LogP contribution in [-0.4, -0.2) is 22.2 Å². The number of rotatable bonds is 4. The van der Waals surface area contributed by atoms with Gasteiger partial charge < -0.3 is 21.6 Å². The third kappa shape index (κ3) is 8.06. The zero-order valence-electron chi connectivity index (χ0n) is 5.55. The Kier molecular flexibility index (Phi) is 3.99. The molecule has 0 aromatic rings. The van der Waals surface area contributed by atoms with Crippen LogP contribution in [0, 0.1) is 0 Å². The van der Waals surface area contributed by atoms with Gasteiger partial charge in [0.2, 0.25) is 9.76 Å². The molecule has 0 fully saturated rings. The Morgan fingerprint density at radius 3 is 2.33 bits per heavy atom. The highest BCUT2D eigenvalue weighted by Gasteiger charge is 2.11. The van der Waals surface area contributed by atoms with Crippen LogP contribution in [0.4, 0.5) is 0 Å². The molecule has 4 nitrogen and oxygen atoms in total. The van der Waals surface area contributed by atoms with E-state index in [-0.39, 0.29) is 0 Å². The van der Waals surface area contributed by atoms with E-state index in [0.717, 1.165) is 0 Å². The average Bonchev–Trinajstić information content (AvgIpc) is 1.63. The lowest BCUT2D eigenvalue weighted by atomic mass is 10.5. The van der Waals surface area contributed by atoms with E-state index in [9.17, 15) is 0 Å². The van der Waals surface area contributed by atoms with Gasteiger partial charge in [-0.25, -0.2) is 0 Å². The molecule has 0 atom stereocenters. The van der Waals surface area contributed by atoms with E-state index >= 15 is 0 Å². The van der Waals surface area contributed by atoms with Crippen LogP contribution in [0.3, 0.4) is 0 Å². The van der Waals surface area contributed by atoms with Crippen molar-refractivity contribution in [2.24, 2.45) is 17.2 Å². The first-order valence-corrected chi connectivity index (χ1v) is 3.89. The van der Waals surface area contributed by atoms with E-state index in [1.807, 2.05) is 6.92 Å². The van der Waals surface area contributed by atoms with Gasteiger partial charge in [0.25, 0.3) is 0 Å². The lowest BCUT2D eigenvalue weighted by Crippen LogP contribution is -2.58. The summed E-state index contributed by atoms with van der Waals surface area (Å²) in [6, 6.07) is 0.515. The van der Waals surface area contributed by atoms with Crippen molar-refractivity contribution in [2.75, 3.05) is 6.61 Å². The molecule has 6 N–H and O–H groups in total. The summed E-state index contributed by atoms with van der Waals surface area (Å²) in [5.74, 6) is -1.06. The van der Waals surface area contributed by atoms with Crippen LogP contribution in [0.15, 0.2) is 0 Å². The van der Waals surface area contributed by atoms with Gasteiger partial charge in [-0.2, -0.15) is 0 Å². The number of hydrogen-bond acceptors (Lipinski definition) is 4. The smallest absolute Gasteiger partial charge is 0.234 e. The molecule has 0 aromatic heterocycles. The van der Waals surface area contributed by atoms with E-state index in [1.54, 1.807) is 0 Å². The summed E-state index contributed by atoms with van der Waals surface area (Å²) in [5.41, 5.74) is 15.8. The molecule has 0 bridgehead atoms. The number of nitrogens with two attached hydrogens (primary N) is 3. The summed E-state index contributed by atoms with van der Waals surface area (Å²) in [5, 5.41) is 0. The van der Waals surface area contributed by atoms with E-state index in [1.165, 1.54) is 0 Å². The molecule has 0 aliphatic carbocycles. The molecule has 0 aromatic carbocycles. The van der Waals surface area contributed by atoms with Gasteiger partial charge in [0.15, 0.2) is 0 Å². The molecule has 0 saturated carbocycles. The first kappa shape index (κ1) is 9.06. The molecule has 0 saturated heterocycles. The largest absolute Gasteiger partial charge is 0.418 e. The molecule has 5 heteroatoms. The molecule has 54 valence electrons. The van der Waals surface area contributed by atoms with Crippen LogP contribution in [-0.2, 0) is 4.43 Å². The van der Waals surface area contributed by atoms with Gasteiger partial charge >= 0.3 is 0 Å². The fourth-order valence-electron chi connectivity index (χ4n) is 0.278. The monoisotopic (exact) mass is 147 g/mol. The number of hydrogen-bond donors (Lipinski definition) is 3. The standard InChI is InChI=1S/C4H13N3OSi/c1-2-8-9-3-4(5,6)7/h2-3,5-7H2,1H3. The minimum Gasteiger partial charge on any atom is -0.418 e. The molecule has 2 radical (unpaired) electrons. The van der Waals surface area contributed by atoms with Crippen molar-refractivity contribution in [1.29, 1.82) is 0 Å². The molecule has 0 aliphatic heterocycles. The Bertz CT molecular complexity index is 72.7. The quantitative estimate of drug-likeness (QED) is 0.259. The zero-order chi connectivity index (χ0) is 7.33. The van der Waals surface area contributed by atoms with Crippen LogP contribution in [0.25, 0.3) is 0 Å². The fourth-order valence-corrected chi connectivity index (χ4v) is 0.834. The maximum atomic E-state index is 5.26. The highest BCUT2D eigenvalue weighted by molar-refractivity contribution is 6.27. The SMILES string of the molecule is CCO[Si]CC(N)(N)N.